The molecule has 0 spiro atoms. The molecule has 2 aromatic rings. The molecule has 2 aromatic heterocycles. The lowest BCUT2D eigenvalue weighted by Gasteiger charge is -2.04. The molecule has 7 heteroatoms. The van der Waals surface area contributed by atoms with Crippen LogP contribution in [-0.2, 0) is 4.74 Å². The molecule has 0 aliphatic heterocycles. The molecule has 0 saturated carbocycles. The topological polar surface area (TPSA) is 87.1 Å². The summed E-state index contributed by atoms with van der Waals surface area (Å²) in [6.07, 6.45) is 1.62. The van der Waals surface area contributed by atoms with Gasteiger partial charge in [-0.25, -0.2) is 4.98 Å². The second-order valence-electron chi connectivity index (χ2n) is 3.57. The second-order valence-corrected chi connectivity index (χ2v) is 4.29. The predicted octanol–water partition coefficient (Wildman–Crippen LogP) is 1.62. The Morgan fingerprint density at radius 1 is 1.59 bits per heavy atom. The fourth-order valence-corrected chi connectivity index (χ4v) is 1.91. The fraction of sp³-hybridized carbons (Fsp3) is 0.500. The smallest absolute Gasteiger partial charge is 0.243 e. The van der Waals surface area contributed by atoms with E-state index >= 15 is 0 Å². The maximum absolute atomic E-state index is 5.93. The third-order valence-corrected chi connectivity index (χ3v) is 2.87. The molecular weight excluding hydrogens is 240 g/mol. The molecule has 0 fully saturated rings. The van der Waals surface area contributed by atoms with Gasteiger partial charge in [0.15, 0.2) is 0 Å². The van der Waals surface area contributed by atoms with E-state index in [0.29, 0.717) is 24.0 Å². The molecule has 0 radical (unpaired) electrons. The van der Waals surface area contributed by atoms with Gasteiger partial charge in [0.05, 0.1) is 11.6 Å². The molecule has 2 heterocycles. The number of thiazole rings is 1. The van der Waals surface area contributed by atoms with Gasteiger partial charge < -0.3 is 15.0 Å². The first-order valence-electron chi connectivity index (χ1n) is 5.28. The van der Waals surface area contributed by atoms with Gasteiger partial charge in [0, 0.05) is 19.1 Å². The lowest BCUT2D eigenvalue weighted by molar-refractivity contribution is 0.188. The Labute approximate surface area is 103 Å². The molecule has 2 rings (SSSR count). The van der Waals surface area contributed by atoms with Crippen molar-refractivity contribution in [3.05, 3.63) is 16.8 Å². The van der Waals surface area contributed by atoms with Crippen molar-refractivity contribution in [2.45, 2.75) is 18.9 Å². The van der Waals surface area contributed by atoms with Gasteiger partial charge in [0.2, 0.25) is 11.7 Å². The first-order chi connectivity index (χ1) is 8.31. The molecule has 0 aliphatic rings. The van der Waals surface area contributed by atoms with Crippen LogP contribution in [0, 0.1) is 0 Å². The highest BCUT2D eigenvalue weighted by molar-refractivity contribution is 7.07. The fourth-order valence-electron chi connectivity index (χ4n) is 1.38. The van der Waals surface area contributed by atoms with Crippen LogP contribution in [0.1, 0.15) is 24.8 Å². The average Bonchev–Trinajstić information content (AvgIpc) is 3.00. The highest BCUT2D eigenvalue weighted by Gasteiger charge is 2.16. The van der Waals surface area contributed by atoms with Crippen LogP contribution in [-0.4, -0.2) is 28.8 Å². The third kappa shape index (κ3) is 3.09. The molecule has 2 N–H and O–H groups in total. The van der Waals surface area contributed by atoms with Gasteiger partial charge in [0.1, 0.15) is 5.69 Å². The van der Waals surface area contributed by atoms with E-state index in [9.17, 15) is 0 Å². The number of hydrogen-bond acceptors (Lipinski definition) is 7. The number of nitrogens with two attached hydrogens (primary N) is 1. The largest absolute Gasteiger partial charge is 0.385 e. The molecule has 92 valence electrons. The van der Waals surface area contributed by atoms with E-state index in [0.717, 1.165) is 12.8 Å². The van der Waals surface area contributed by atoms with E-state index in [4.69, 9.17) is 15.0 Å². The molecule has 6 nitrogen and oxygen atoms in total. The average molecular weight is 254 g/mol. The zero-order chi connectivity index (χ0) is 12.1. The Hall–Kier alpha value is -1.31. The Morgan fingerprint density at radius 2 is 2.47 bits per heavy atom. The molecule has 1 atom stereocenters. The molecule has 1 unspecified atom stereocenters. The molecule has 17 heavy (non-hydrogen) atoms. The summed E-state index contributed by atoms with van der Waals surface area (Å²) in [5.41, 5.74) is 8.38. The Balaban J connectivity index is 1.98. The summed E-state index contributed by atoms with van der Waals surface area (Å²) in [6.45, 7) is 0.681. The first kappa shape index (κ1) is 12.2. The SMILES string of the molecule is COCCCC(N)c1nc(-c2cscn2)no1. The molecule has 0 saturated heterocycles. The van der Waals surface area contributed by atoms with Gasteiger partial charge in [-0.3, -0.25) is 0 Å². The quantitative estimate of drug-likeness (QED) is 0.788. The van der Waals surface area contributed by atoms with E-state index in [1.165, 1.54) is 11.3 Å². The van der Waals surface area contributed by atoms with Crippen LogP contribution in [0.3, 0.4) is 0 Å². The second kappa shape index (κ2) is 5.85. The maximum atomic E-state index is 5.93. The summed E-state index contributed by atoms with van der Waals surface area (Å²) < 4.78 is 10.1. The van der Waals surface area contributed by atoms with E-state index in [2.05, 4.69) is 15.1 Å². The van der Waals surface area contributed by atoms with Crippen LogP contribution in [0.15, 0.2) is 15.4 Å². The van der Waals surface area contributed by atoms with Crippen LogP contribution < -0.4 is 5.73 Å². The summed E-state index contributed by atoms with van der Waals surface area (Å²) in [5.74, 6) is 0.938. The maximum Gasteiger partial charge on any atom is 0.243 e. The predicted molar refractivity (Wildman–Crippen MR) is 63.4 cm³/mol. The van der Waals surface area contributed by atoms with Gasteiger partial charge in [0.25, 0.3) is 0 Å². The van der Waals surface area contributed by atoms with Gasteiger partial charge in [-0.1, -0.05) is 5.16 Å². The molecular formula is C10H14N4O2S. The highest BCUT2D eigenvalue weighted by atomic mass is 32.1. The number of ether oxygens (including phenoxy) is 1. The van der Waals surface area contributed by atoms with Crippen LogP contribution in [0.2, 0.25) is 0 Å². The monoisotopic (exact) mass is 254 g/mol. The minimum absolute atomic E-state index is 0.245. The van der Waals surface area contributed by atoms with Crippen LogP contribution in [0.25, 0.3) is 11.5 Å². The van der Waals surface area contributed by atoms with Crippen LogP contribution in [0.5, 0.6) is 0 Å². The van der Waals surface area contributed by atoms with E-state index in [-0.39, 0.29) is 6.04 Å². The van der Waals surface area contributed by atoms with Crippen molar-refractivity contribution in [3.8, 4) is 11.5 Å². The van der Waals surface area contributed by atoms with Crippen molar-refractivity contribution in [2.24, 2.45) is 5.73 Å². The zero-order valence-corrected chi connectivity index (χ0v) is 10.3. The minimum Gasteiger partial charge on any atom is -0.385 e. The van der Waals surface area contributed by atoms with E-state index < -0.39 is 0 Å². The summed E-state index contributed by atoms with van der Waals surface area (Å²) in [4.78, 5) is 8.34. The number of methoxy groups -OCH3 is 1. The molecule has 0 bridgehead atoms. The lowest BCUT2D eigenvalue weighted by atomic mass is 10.2. The summed E-state index contributed by atoms with van der Waals surface area (Å²) >= 11 is 1.49. The molecule has 0 amide bonds. The van der Waals surface area contributed by atoms with Crippen molar-refractivity contribution in [2.75, 3.05) is 13.7 Å². The summed E-state index contributed by atoms with van der Waals surface area (Å²) in [6, 6.07) is -0.245. The van der Waals surface area contributed by atoms with Gasteiger partial charge in [-0.2, -0.15) is 4.98 Å². The Kier molecular flexibility index (Phi) is 4.18. The van der Waals surface area contributed by atoms with Gasteiger partial charge in [-0.05, 0) is 12.8 Å². The minimum atomic E-state index is -0.245. The Bertz CT molecular complexity index is 443. The zero-order valence-electron chi connectivity index (χ0n) is 9.50. The number of aromatic nitrogens is 3. The van der Waals surface area contributed by atoms with E-state index in [1.54, 1.807) is 12.6 Å². The van der Waals surface area contributed by atoms with Gasteiger partial charge >= 0.3 is 0 Å². The van der Waals surface area contributed by atoms with E-state index in [1.807, 2.05) is 5.38 Å². The molecule has 0 aromatic carbocycles. The van der Waals surface area contributed by atoms with Crippen molar-refractivity contribution < 1.29 is 9.26 Å². The standard InChI is InChI=1S/C10H14N4O2S/c1-15-4-2-3-7(11)10-13-9(14-16-10)8-5-17-6-12-8/h5-7H,2-4,11H2,1H3. The van der Waals surface area contributed by atoms with Crippen molar-refractivity contribution in [3.63, 3.8) is 0 Å². The first-order valence-corrected chi connectivity index (χ1v) is 6.22. The summed E-state index contributed by atoms with van der Waals surface area (Å²) in [7, 11) is 1.67. The van der Waals surface area contributed by atoms with Crippen LogP contribution in [0.4, 0.5) is 0 Å². The number of rotatable bonds is 6. The van der Waals surface area contributed by atoms with Crippen molar-refractivity contribution in [1.82, 2.24) is 15.1 Å². The summed E-state index contributed by atoms with van der Waals surface area (Å²) in [5, 5.41) is 5.72. The Morgan fingerprint density at radius 3 is 3.18 bits per heavy atom. The third-order valence-electron chi connectivity index (χ3n) is 2.28. The highest BCUT2D eigenvalue weighted by Crippen LogP contribution is 2.19. The number of nitrogens with zero attached hydrogens (tertiary/aromatic N) is 3. The van der Waals surface area contributed by atoms with Gasteiger partial charge in [-0.15, -0.1) is 11.3 Å². The number of hydrogen-bond donors (Lipinski definition) is 1. The van der Waals surface area contributed by atoms with Crippen LogP contribution >= 0.6 is 11.3 Å². The lowest BCUT2D eigenvalue weighted by Crippen LogP contribution is -2.11. The van der Waals surface area contributed by atoms with Crippen molar-refractivity contribution in [1.29, 1.82) is 0 Å². The van der Waals surface area contributed by atoms with Crippen molar-refractivity contribution >= 4 is 11.3 Å². The molecule has 0 aliphatic carbocycles. The normalized spacial score (nSPS) is 12.8.